The van der Waals surface area contributed by atoms with Crippen LogP contribution >= 0.6 is 0 Å². The van der Waals surface area contributed by atoms with E-state index < -0.39 is 0 Å². The van der Waals surface area contributed by atoms with Gasteiger partial charge in [-0.2, -0.15) is 0 Å². The van der Waals surface area contributed by atoms with Crippen LogP contribution in [0.15, 0.2) is 48.5 Å². The van der Waals surface area contributed by atoms with Crippen LogP contribution in [0.5, 0.6) is 0 Å². The van der Waals surface area contributed by atoms with Gasteiger partial charge in [0, 0.05) is 6.04 Å². The van der Waals surface area contributed by atoms with Crippen molar-refractivity contribution in [2.75, 3.05) is 6.54 Å². The first-order valence-electron chi connectivity index (χ1n) is 6.74. The van der Waals surface area contributed by atoms with E-state index in [4.69, 9.17) is 0 Å². The van der Waals surface area contributed by atoms with Gasteiger partial charge in [0.05, 0.1) is 0 Å². The van der Waals surface area contributed by atoms with Crippen molar-refractivity contribution in [3.63, 3.8) is 0 Å². The summed E-state index contributed by atoms with van der Waals surface area (Å²) in [6.07, 6.45) is 0.872. The minimum atomic E-state index is -0.131. The Morgan fingerprint density at radius 2 is 1.84 bits per heavy atom. The predicted molar refractivity (Wildman–Crippen MR) is 77.7 cm³/mol. The molecule has 0 radical (unpaired) electrons. The SMILES string of the molecule is CCNC(Cc1ccccc1)c1ccc(C)c(F)c1. The maximum atomic E-state index is 13.7. The van der Waals surface area contributed by atoms with Gasteiger partial charge in [0.25, 0.3) is 0 Å². The molecule has 1 nitrogen and oxygen atoms in total. The second-order valence-electron chi connectivity index (χ2n) is 4.81. The first kappa shape index (κ1) is 13.8. The first-order chi connectivity index (χ1) is 9.20. The maximum absolute atomic E-state index is 13.7. The minimum Gasteiger partial charge on any atom is -0.310 e. The average molecular weight is 257 g/mol. The van der Waals surface area contributed by atoms with Gasteiger partial charge in [-0.25, -0.2) is 4.39 Å². The third kappa shape index (κ3) is 3.65. The molecule has 1 N–H and O–H groups in total. The van der Waals surface area contributed by atoms with Crippen LogP contribution in [-0.2, 0) is 6.42 Å². The van der Waals surface area contributed by atoms with Gasteiger partial charge in [-0.1, -0.05) is 49.4 Å². The molecule has 2 aromatic carbocycles. The number of benzene rings is 2. The topological polar surface area (TPSA) is 12.0 Å². The summed E-state index contributed by atoms with van der Waals surface area (Å²) in [7, 11) is 0. The molecule has 0 aliphatic rings. The molecule has 2 heteroatoms. The standard InChI is InChI=1S/C17H20FN/c1-3-19-17(11-14-7-5-4-6-8-14)15-10-9-13(2)16(18)12-15/h4-10,12,17,19H,3,11H2,1-2H3. The van der Waals surface area contributed by atoms with Crippen LogP contribution in [0.1, 0.15) is 29.7 Å². The minimum absolute atomic E-state index is 0.131. The van der Waals surface area contributed by atoms with E-state index in [0.29, 0.717) is 5.56 Å². The van der Waals surface area contributed by atoms with Crippen LogP contribution in [0.4, 0.5) is 4.39 Å². The zero-order chi connectivity index (χ0) is 13.7. The molecule has 1 atom stereocenters. The summed E-state index contributed by atoms with van der Waals surface area (Å²) in [5, 5.41) is 3.43. The molecule has 100 valence electrons. The van der Waals surface area contributed by atoms with E-state index in [1.807, 2.05) is 30.3 Å². The number of hydrogen-bond acceptors (Lipinski definition) is 1. The molecule has 0 fully saturated rings. The van der Waals surface area contributed by atoms with E-state index in [-0.39, 0.29) is 11.9 Å². The molecular weight excluding hydrogens is 237 g/mol. The lowest BCUT2D eigenvalue weighted by atomic mass is 9.98. The van der Waals surface area contributed by atoms with E-state index in [0.717, 1.165) is 18.5 Å². The quantitative estimate of drug-likeness (QED) is 0.852. The first-order valence-corrected chi connectivity index (χ1v) is 6.74. The molecule has 0 aliphatic carbocycles. The summed E-state index contributed by atoms with van der Waals surface area (Å²) >= 11 is 0. The molecule has 1 unspecified atom stereocenters. The number of likely N-dealkylation sites (N-methyl/N-ethyl adjacent to an activating group) is 1. The van der Waals surface area contributed by atoms with Crippen molar-refractivity contribution in [1.82, 2.24) is 5.32 Å². The molecule has 2 aromatic rings. The fourth-order valence-electron chi connectivity index (χ4n) is 2.23. The van der Waals surface area contributed by atoms with Crippen LogP contribution in [-0.4, -0.2) is 6.54 Å². The molecule has 0 aliphatic heterocycles. The normalized spacial score (nSPS) is 12.4. The van der Waals surface area contributed by atoms with Crippen molar-refractivity contribution in [3.05, 3.63) is 71.0 Å². The number of nitrogens with one attached hydrogen (secondary N) is 1. The lowest BCUT2D eigenvalue weighted by Gasteiger charge is -2.19. The zero-order valence-electron chi connectivity index (χ0n) is 11.5. The van der Waals surface area contributed by atoms with Gasteiger partial charge in [-0.3, -0.25) is 0 Å². The van der Waals surface area contributed by atoms with Crippen LogP contribution in [0.25, 0.3) is 0 Å². The van der Waals surface area contributed by atoms with E-state index in [2.05, 4.69) is 24.4 Å². The second kappa shape index (κ2) is 6.48. The van der Waals surface area contributed by atoms with Gasteiger partial charge in [0.15, 0.2) is 0 Å². The Hall–Kier alpha value is -1.67. The van der Waals surface area contributed by atoms with E-state index >= 15 is 0 Å². The fourth-order valence-corrected chi connectivity index (χ4v) is 2.23. The molecule has 19 heavy (non-hydrogen) atoms. The van der Waals surface area contributed by atoms with E-state index in [1.165, 1.54) is 5.56 Å². The van der Waals surface area contributed by atoms with Crippen LogP contribution in [0.3, 0.4) is 0 Å². The van der Waals surface area contributed by atoms with Gasteiger partial charge in [-0.05, 0) is 42.6 Å². The third-order valence-corrected chi connectivity index (χ3v) is 3.33. The highest BCUT2D eigenvalue weighted by molar-refractivity contribution is 5.28. The Balaban J connectivity index is 2.21. The summed E-state index contributed by atoms with van der Waals surface area (Å²) in [4.78, 5) is 0. The van der Waals surface area contributed by atoms with Gasteiger partial charge in [0.2, 0.25) is 0 Å². The summed E-state index contributed by atoms with van der Waals surface area (Å²) in [6, 6.07) is 16.0. The van der Waals surface area contributed by atoms with Gasteiger partial charge < -0.3 is 5.32 Å². The lowest BCUT2D eigenvalue weighted by molar-refractivity contribution is 0.541. The maximum Gasteiger partial charge on any atom is 0.126 e. The van der Waals surface area contributed by atoms with Crippen molar-refractivity contribution in [3.8, 4) is 0 Å². The molecule has 0 saturated carbocycles. The Kier molecular flexibility index (Phi) is 4.69. The van der Waals surface area contributed by atoms with Crippen molar-refractivity contribution in [2.24, 2.45) is 0 Å². The molecule has 0 saturated heterocycles. The number of aryl methyl sites for hydroxylation is 1. The zero-order valence-corrected chi connectivity index (χ0v) is 11.5. The molecular formula is C17H20FN. The molecule has 0 heterocycles. The largest absolute Gasteiger partial charge is 0.310 e. The van der Waals surface area contributed by atoms with E-state index in [1.54, 1.807) is 13.0 Å². The van der Waals surface area contributed by atoms with Gasteiger partial charge in [0.1, 0.15) is 5.82 Å². The van der Waals surface area contributed by atoms with E-state index in [9.17, 15) is 4.39 Å². The predicted octanol–water partition coefficient (Wildman–Crippen LogP) is 4.03. The van der Waals surface area contributed by atoms with Crippen molar-refractivity contribution < 1.29 is 4.39 Å². The van der Waals surface area contributed by atoms with Crippen LogP contribution in [0, 0.1) is 12.7 Å². The van der Waals surface area contributed by atoms with Crippen molar-refractivity contribution in [2.45, 2.75) is 26.3 Å². The highest BCUT2D eigenvalue weighted by Crippen LogP contribution is 2.20. The Morgan fingerprint density at radius 3 is 2.47 bits per heavy atom. The van der Waals surface area contributed by atoms with Crippen molar-refractivity contribution >= 4 is 0 Å². The number of halogens is 1. The molecule has 0 aromatic heterocycles. The summed E-state index contributed by atoms with van der Waals surface area (Å²) < 4.78 is 13.7. The Bertz CT molecular complexity index is 522. The van der Waals surface area contributed by atoms with Crippen molar-refractivity contribution in [1.29, 1.82) is 0 Å². The van der Waals surface area contributed by atoms with Crippen LogP contribution < -0.4 is 5.32 Å². The number of rotatable bonds is 5. The molecule has 0 bridgehead atoms. The summed E-state index contributed by atoms with van der Waals surface area (Å²) in [5.41, 5.74) is 2.96. The smallest absolute Gasteiger partial charge is 0.126 e. The summed E-state index contributed by atoms with van der Waals surface area (Å²) in [5.74, 6) is -0.131. The summed E-state index contributed by atoms with van der Waals surface area (Å²) in [6.45, 7) is 4.73. The average Bonchev–Trinajstić information content (AvgIpc) is 2.43. The molecule has 0 amide bonds. The highest BCUT2D eigenvalue weighted by Gasteiger charge is 2.12. The fraction of sp³-hybridized carbons (Fsp3) is 0.294. The lowest BCUT2D eigenvalue weighted by Crippen LogP contribution is -2.23. The second-order valence-corrected chi connectivity index (χ2v) is 4.81. The van der Waals surface area contributed by atoms with Gasteiger partial charge >= 0.3 is 0 Å². The number of hydrogen-bond donors (Lipinski definition) is 1. The van der Waals surface area contributed by atoms with Crippen LogP contribution in [0.2, 0.25) is 0 Å². The molecule has 2 rings (SSSR count). The molecule has 0 spiro atoms. The third-order valence-electron chi connectivity index (χ3n) is 3.33. The van der Waals surface area contributed by atoms with Gasteiger partial charge in [-0.15, -0.1) is 0 Å². The highest BCUT2D eigenvalue weighted by atomic mass is 19.1. The monoisotopic (exact) mass is 257 g/mol. The Morgan fingerprint density at radius 1 is 1.11 bits per heavy atom. The Labute approximate surface area is 114 Å².